The lowest BCUT2D eigenvalue weighted by molar-refractivity contribution is 0.0642. The summed E-state index contributed by atoms with van der Waals surface area (Å²) in [5, 5.41) is 0.584. The number of thiophene rings is 1. The van der Waals surface area contributed by atoms with Crippen molar-refractivity contribution in [3.8, 4) is 0 Å². The Morgan fingerprint density at radius 1 is 1.06 bits per heavy atom. The summed E-state index contributed by atoms with van der Waals surface area (Å²) in [6, 6.07) is 18.7. The summed E-state index contributed by atoms with van der Waals surface area (Å²) < 4.78 is 3.51. The maximum Gasteiger partial charge on any atom is 0.262 e. The second-order valence-corrected chi connectivity index (χ2v) is 12.2. The Kier molecular flexibility index (Phi) is 8.77. The number of amides is 1. The summed E-state index contributed by atoms with van der Waals surface area (Å²) in [6.07, 6.45) is 0.620. The molecule has 0 spiro atoms. The first-order valence-electron chi connectivity index (χ1n) is 11.7. The average Bonchev–Trinajstić information content (AvgIpc) is 3.24. The molecule has 2 aromatic heterocycles. The molecule has 0 saturated heterocycles. The number of benzene rings is 2. The molecule has 0 saturated carbocycles. The van der Waals surface area contributed by atoms with E-state index in [4.69, 9.17) is 4.98 Å². The lowest BCUT2D eigenvalue weighted by Gasteiger charge is -2.33. The molecule has 0 aliphatic carbocycles. The van der Waals surface area contributed by atoms with Gasteiger partial charge in [-0.05, 0) is 72.3 Å². The number of nitrogens with zero attached hydrogens (tertiary/aromatic N) is 4. The molecule has 188 valence electrons. The number of aromatic nitrogens is 2. The van der Waals surface area contributed by atoms with Crippen molar-refractivity contribution in [2.45, 2.75) is 25.9 Å². The van der Waals surface area contributed by atoms with E-state index in [1.165, 1.54) is 11.3 Å². The summed E-state index contributed by atoms with van der Waals surface area (Å²) in [7, 11) is 3.98. The maximum absolute atomic E-state index is 13.8. The Morgan fingerprint density at radius 3 is 2.39 bits per heavy atom. The molecule has 6 nitrogen and oxygen atoms in total. The van der Waals surface area contributed by atoms with Gasteiger partial charge in [0.2, 0.25) is 0 Å². The standard InChI is InChI=1S/C27H28Br2N4O2S/c1-4-22(32(15-14-31(2)3)26(34)19-10-12-20(28)13-11-19)24-30-25-21(16-23(29)36-25)27(35)33(24)17-18-8-6-5-7-9-18/h5-13,16,22H,4,14-15,17H2,1-3H3. The molecule has 0 N–H and O–H groups in total. The zero-order chi connectivity index (χ0) is 25.8. The number of hydrogen-bond donors (Lipinski definition) is 0. The van der Waals surface area contributed by atoms with Crippen LogP contribution in [0.5, 0.6) is 0 Å². The third-order valence-corrected chi connectivity index (χ3v) is 8.10. The van der Waals surface area contributed by atoms with Gasteiger partial charge in [0.25, 0.3) is 11.5 Å². The molecule has 2 heterocycles. The van der Waals surface area contributed by atoms with Crippen molar-refractivity contribution < 1.29 is 4.79 Å². The van der Waals surface area contributed by atoms with E-state index in [9.17, 15) is 9.59 Å². The minimum atomic E-state index is -0.372. The number of halogens is 2. The van der Waals surface area contributed by atoms with Crippen molar-refractivity contribution in [3.63, 3.8) is 0 Å². The molecule has 0 radical (unpaired) electrons. The first-order valence-corrected chi connectivity index (χ1v) is 14.1. The number of hydrogen-bond acceptors (Lipinski definition) is 5. The van der Waals surface area contributed by atoms with Crippen molar-refractivity contribution in [1.29, 1.82) is 0 Å². The summed E-state index contributed by atoms with van der Waals surface area (Å²) in [5.41, 5.74) is 1.51. The van der Waals surface area contributed by atoms with E-state index in [1.807, 2.05) is 86.6 Å². The second-order valence-electron chi connectivity index (χ2n) is 8.85. The summed E-state index contributed by atoms with van der Waals surface area (Å²) >= 11 is 8.40. The van der Waals surface area contributed by atoms with Gasteiger partial charge in [0.15, 0.2) is 0 Å². The number of likely N-dealkylation sites (N-methyl/N-ethyl adjacent to an activating group) is 1. The highest BCUT2D eigenvalue weighted by atomic mass is 79.9. The normalized spacial score (nSPS) is 12.3. The third-order valence-electron chi connectivity index (χ3n) is 6.04. The molecule has 0 fully saturated rings. The van der Waals surface area contributed by atoms with Crippen LogP contribution in [0.2, 0.25) is 0 Å². The van der Waals surface area contributed by atoms with E-state index in [1.54, 1.807) is 4.57 Å². The summed E-state index contributed by atoms with van der Waals surface area (Å²) in [4.78, 5) is 37.2. The summed E-state index contributed by atoms with van der Waals surface area (Å²) in [6.45, 7) is 3.62. The van der Waals surface area contributed by atoms with Crippen LogP contribution in [-0.4, -0.2) is 52.4 Å². The highest BCUT2D eigenvalue weighted by Gasteiger charge is 2.29. The maximum atomic E-state index is 13.8. The molecule has 36 heavy (non-hydrogen) atoms. The van der Waals surface area contributed by atoms with E-state index in [-0.39, 0.29) is 17.5 Å². The van der Waals surface area contributed by atoms with E-state index in [0.717, 1.165) is 13.8 Å². The van der Waals surface area contributed by atoms with Gasteiger partial charge in [-0.2, -0.15) is 0 Å². The molecule has 4 aromatic rings. The van der Waals surface area contributed by atoms with Gasteiger partial charge in [-0.15, -0.1) is 11.3 Å². The molecular weight excluding hydrogens is 604 g/mol. The third kappa shape index (κ3) is 5.96. The average molecular weight is 632 g/mol. The predicted octanol–water partition coefficient (Wildman–Crippen LogP) is 6.19. The number of carbonyl (C=O) groups is 1. The van der Waals surface area contributed by atoms with E-state index >= 15 is 0 Å². The van der Waals surface area contributed by atoms with Crippen LogP contribution < -0.4 is 5.56 Å². The largest absolute Gasteiger partial charge is 0.327 e. The Labute approximate surface area is 231 Å². The summed E-state index contributed by atoms with van der Waals surface area (Å²) in [5.74, 6) is 0.529. The zero-order valence-electron chi connectivity index (χ0n) is 20.4. The van der Waals surface area contributed by atoms with Gasteiger partial charge in [0, 0.05) is 23.1 Å². The molecule has 0 aliphatic heterocycles. The monoisotopic (exact) mass is 630 g/mol. The molecule has 0 bridgehead atoms. The van der Waals surface area contributed by atoms with Gasteiger partial charge in [0.1, 0.15) is 10.7 Å². The molecule has 2 aromatic carbocycles. The Balaban J connectivity index is 1.86. The molecular formula is C27H28Br2N4O2S. The van der Waals surface area contributed by atoms with Gasteiger partial charge in [0.05, 0.1) is 21.8 Å². The van der Waals surface area contributed by atoms with E-state index in [0.29, 0.717) is 47.7 Å². The van der Waals surface area contributed by atoms with Crippen molar-refractivity contribution >= 4 is 59.3 Å². The Hall–Kier alpha value is -2.33. The van der Waals surface area contributed by atoms with Crippen LogP contribution in [0.1, 0.15) is 41.1 Å². The van der Waals surface area contributed by atoms with Gasteiger partial charge in [-0.1, -0.05) is 53.2 Å². The lowest BCUT2D eigenvalue weighted by Crippen LogP contribution is -2.42. The molecule has 1 unspecified atom stereocenters. The van der Waals surface area contributed by atoms with Crippen molar-refractivity contribution in [1.82, 2.24) is 19.4 Å². The van der Waals surface area contributed by atoms with E-state index in [2.05, 4.69) is 36.8 Å². The van der Waals surface area contributed by atoms with Gasteiger partial charge >= 0.3 is 0 Å². The van der Waals surface area contributed by atoms with Crippen LogP contribution in [0.4, 0.5) is 0 Å². The quantitative estimate of drug-likeness (QED) is 0.221. The molecule has 1 amide bonds. The molecule has 4 rings (SSSR count). The second kappa shape index (κ2) is 11.8. The zero-order valence-corrected chi connectivity index (χ0v) is 24.4. The first-order chi connectivity index (χ1) is 17.3. The minimum absolute atomic E-state index is 0.0795. The molecule has 1 atom stereocenters. The van der Waals surface area contributed by atoms with Crippen LogP contribution >= 0.6 is 43.2 Å². The van der Waals surface area contributed by atoms with E-state index < -0.39 is 0 Å². The highest BCUT2D eigenvalue weighted by molar-refractivity contribution is 9.11. The van der Waals surface area contributed by atoms with Gasteiger partial charge in [-0.25, -0.2) is 4.98 Å². The Bertz CT molecular complexity index is 1400. The number of rotatable bonds is 9. The topological polar surface area (TPSA) is 58.4 Å². The lowest BCUT2D eigenvalue weighted by atomic mass is 10.1. The molecule has 9 heteroatoms. The fourth-order valence-electron chi connectivity index (χ4n) is 4.18. The fourth-order valence-corrected chi connectivity index (χ4v) is 5.89. The van der Waals surface area contributed by atoms with Gasteiger partial charge in [-0.3, -0.25) is 14.2 Å². The molecule has 0 aliphatic rings. The fraction of sp³-hybridized carbons (Fsp3) is 0.296. The number of carbonyl (C=O) groups excluding carboxylic acids is 1. The van der Waals surface area contributed by atoms with Crippen LogP contribution in [0.3, 0.4) is 0 Å². The van der Waals surface area contributed by atoms with Crippen LogP contribution in [0.15, 0.2) is 73.7 Å². The first kappa shape index (κ1) is 26.7. The SMILES string of the molecule is CCC(c1nc2sc(Br)cc2c(=O)n1Cc1ccccc1)N(CCN(C)C)C(=O)c1ccc(Br)cc1. The highest BCUT2D eigenvalue weighted by Crippen LogP contribution is 2.31. The van der Waals surface area contributed by atoms with Crippen LogP contribution in [0.25, 0.3) is 10.2 Å². The van der Waals surface area contributed by atoms with Crippen LogP contribution in [-0.2, 0) is 6.54 Å². The number of fused-ring (bicyclic) bond motifs is 1. The van der Waals surface area contributed by atoms with Crippen molar-refractivity contribution in [2.75, 3.05) is 27.2 Å². The predicted molar refractivity (Wildman–Crippen MR) is 154 cm³/mol. The Morgan fingerprint density at radius 2 is 1.75 bits per heavy atom. The van der Waals surface area contributed by atoms with Gasteiger partial charge < -0.3 is 9.80 Å². The minimum Gasteiger partial charge on any atom is -0.327 e. The van der Waals surface area contributed by atoms with Crippen LogP contribution in [0, 0.1) is 0 Å². The van der Waals surface area contributed by atoms with Crippen molar-refractivity contribution in [3.05, 3.63) is 96.2 Å². The smallest absolute Gasteiger partial charge is 0.262 e. The van der Waals surface area contributed by atoms with Crippen molar-refractivity contribution in [2.24, 2.45) is 0 Å².